The summed E-state index contributed by atoms with van der Waals surface area (Å²) in [5.74, 6) is 1.33. The molecule has 2 aromatic carbocycles. The van der Waals surface area contributed by atoms with Crippen molar-refractivity contribution in [1.29, 1.82) is 0 Å². The van der Waals surface area contributed by atoms with Crippen molar-refractivity contribution in [3.63, 3.8) is 0 Å². The van der Waals surface area contributed by atoms with E-state index >= 15 is 0 Å². The lowest BCUT2D eigenvalue weighted by Gasteiger charge is -2.19. The maximum absolute atomic E-state index is 13.1. The second-order valence-corrected chi connectivity index (χ2v) is 9.13. The Morgan fingerprint density at radius 2 is 2.00 bits per heavy atom. The van der Waals surface area contributed by atoms with Gasteiger partial charge in [-0.3, -0.25) is 9.69 Å². The number of ether oxygens (including phenoxy) is 2. The van der Waals surface area contributed by atoms with E-state index in [4.69, 9.17) is 14.5 Å². The number of benzene rings is 2. The average Bonchev–Trinajstić information content (AvgIpc) is 3.34. The smallest absolute Gasteiger partial charge is 0.252 e. The number of thiazole rings is 1. The standard InChI is InChI=1S/C22H22BrN3O3S/c1-25(2)10-3-11-26(22-24-17-7-6-16(23)13-20(17)30-22)21(27)9-5-15-4-8-18-19(12-15)29-14-28-18/h4-9,12-13H,3,10-11,14H2,1-2H3/b9-5+. The molecule has 1 amide bonds. The van der Waals surface area contributed by atoms with Crippen molar-refractivity contribution in [2.45, 2.75) is 6.42 Å². The quantitative estimate of drug-likeness (QED) is 0.448. The van der Waals surface area contributed by atoms with Gasteiger partial charge in [0.2, 0.25) is 6.79 Å². The predicted molar refractivity (Wildman–Crippen MR) is 124 cm³/mol. The van der Waals surface area contributed by atoms with E-state index in [1.54, 1.807) is 17.1 Å². The molecule has 30 heavy (non-hydrogen) atoms. The fraction of sp³-hybridized carbons (Fsp3) is 0.273. The molecule has 0 N–H and O–H groups in total. The van der Waals surface area contributed by atoms with Gasteiger partial charge in [-0.15, -0.1) is 0 Å². The van der Waals surface area contributed by atoms with Crippen LogP contribution in [-0.2, 0) is 4.79 Å². The molecule has 0 fully saturated rings. The molecule has 0 bridgehead atoms. The zero-order chi connectivity index (χ0) is 21.1. The third-order valence-electron chi connectivity index (χ3n) is 4.64. The van der Waals surface area contributed by atoms with Gasteiger partial charge in [0.25, 0.3) is 5.91 Å². The first-order valence-corrected chi connectivity index (χ1v) is 11.2. The molecule has 1 aliphatic rings. The number of aromatic nitrogens is 1. The number of hydrogen-bond acceptors (Lipinski definition) is 6. The molecule has 0 unspecified atom stereocenters. The number of anilines is 1. The van der Waals surface area contributed by atoms with Crippen molar-refractivity contribution in [2.24, 2.45) is 0 Å². The van der Waals surface area contributed by atoms with Crippen LogP contribution in [0.15, 0.2) is 46.9 Å². The first-order chi connectivity index (χ1) is 14.5. The van der Waals surface area contributed by atoms with Gasteiger partial charge in [-0.2, -0.15) is 0 Å². The number of amides is 1. The minimum Gasteiger partial charge on any atom is -0.454 e. The summed E-state index contributed by atoms with van der Waals surface area (Å²) in [5, 5.41) is 0.710. The Balaban J connectivity index is 1.56. The molecule has 4 rings (SSSR count). The van der Waals surface area contributed by atoms with Crippen molar-refractivity contribution < 1.29 is 14.3 Å². The Hall–Kier alpha value is -2.42. The van der Waals surface area contributed by atoms with E-state index in [-0.39, 0.29) is 12.7 Å². The van der Waals surface area contributed by atoms with Crippen molar-refractivity contribution in [1.82, 2.24) is 9.88 Å². The molecule has 3 aromatic rings. The van der Waals surface area contributed by atoms with E-state index in [0.29, 0.717) is 17.4 Å². The lowest BCUT2D eigenvalue weighted by molar-refractivity contribution is -0.114. The number of rotatable bonds is 7. The van der Waals surface area contributed by atoms with E-state index in [0.717, 1.165) is 39.0 Å². The second kappa shape index (κ2) is 9.16. The van der Waals surface area contributed by atoms with E-state index in [2.05, 4.69) is 20.8 Å². The van der Waals surface area contributed by atoms with Crippen molar-refractivity contribution in [3.8, 4) is 11.5 Å². The van der Waals surface area contributed by atoms with Crippen LogP contribution < -0.4 is 14.4 Å². The molecular weight excluding hydrogens is 466 g/mol. The maximum Gasteiger partial charge on any atom is 0.252 e. The molecule has 0 aliphatic carbocycles. The SMILES string of the molecule is CN(C)CCCN(C(=O)/C=C/c1ccc2c(c1)OCO2)c1nc2ccc(Br)cc2s1. The zero-order valence-electron chi connectivity index (χ0n) is 16.8. The molecule has 2 heterocycles. The highest BCUT2D eigenvalue weighted by Crippen LogP contribution is 2.33. The van der Waals surface area contributed by atoms with Crippen LogP contribution in [0.2, 0.25) is 0 Å². The molecule has 156 valence electrons. The number of carbonyl (C=O) groups excluding carboxylic acids is 1. The van der Waals surface area contributed by atoms with Crippen LogP contribution in [0, 0.1) is 0 Å². The molecular formula is C22H22BrN3O3S. The number of nitrogens with zero attached hydrogens (tertiary/aromatic N) is 3. The van der Waals surface area contributed by atoms with E-state index in [1.165, 1.54) is 11.3 Å². The molecule has 1 aromatic heterocycles. The third kappa shape index (κ3) is 4.83. The fourth-order valence-electron chi connectivity index (χ4n) is 3.12. The Morgan fingerprint density at radius 3 is 2.83 bits per heavy atom. The van der Waals surface area contributed by atoms with Gasteiger partial charge in [0.05, 0.1) is 10.2 Å². The van der Waals surface area contributed by atoms with Gasteiger partial charge < -0.3 is 14.4 Å². The van der Waals surface area contributed by atoms with Crippen molar-refractivity contribution >= 4 is 54.6 Å². The molecule has 1 aliphatic heterocycles. The van der Waals surface area contributed by atoms with Gasteiger partial charge in [-0.1, -0.05) is 33.3 Å². The normalized spacial score (nSPS) is 12.9. The van der Waals surface area contributed by atoms with Crippen LogP contribution in [0.4, 0.5) is 5.13 Å². The molecule has 0 spiro atoms. The Kier molecular flexibility index (Phi) is 6.36. The van der Waals surface area contributed by atoms with Crippen LogP contribution in [0.5, 0.6) is 11.5 Å². The van der Waals surface area contributed by atoms with E-state index in [1.807, 2.05) is 50.5 Å². The summed E-state index contributed by atoms with van der Waals surface area (Å²) < 4.78 is 12.8. The average molecular weight is 488 g/mol. The van der Waals surface area contributed by atoms with Gasteiger partial charge >= 0.3 is 0 Å². The van der Waals surface area contributed by atoms with Gasteiger partial charge in [0.15, 0.2) is 16.6 Å². The number of hydrogen-bond donors (Lipinski definition) is 0. The summed E-state index contributed by atoms with van der Waals surface area (Å²) in [7, 11) is 4.06. The fourth-order valence-corrected chi connectivity index (χ4v) is 4.67. The summed E-state index contributed by atoms with van der Waals surface area (Å²) in [4.78, 5) is 21.7. The topological polar surface area (TPSA) is 54.9 Å². The summed E-state index contributed by atoms with van der Waals surface area (Å²) in [6, 6.07) is 11.6. The Bertz CT molecular complexity index is 1100. The number of fused-ring (bicyclic) bond motifs is 2. The van der Waals surface area contributed by atoms with E-state index in [9.17, 15) is 4.79 Å². The largest absolute Gasteiger partial charge is 0.454 e. The van der Waals surface area contributed by atoms with Crippen molar-refractivity contribution in [3.05, 3.63) is 52.5 Å². The number of carbonyl (C=O) groups is 1. The summed E-state index contributed by atoms with van der Waals surface area (Å²) in [6.07, 6.45) is 4.25. The third-order valence-corrected chi connectivity index (χ3v) is 6.17. The van der Waals surface area contributed by atoms with Crippen LogP contribution in [0.25, 0.3) is 16.3 Å². The van der Waals surface area contributed by atoms with Crippen molar-refractivity contribution in [2.75, 3.05) is 38.9 Å². The molecule has 0 saturated carbocycles. The minimum atomic E-state index is -0.0930. The monoisotopic (exact) mass is 487 g/mol. The second-order valence-electron chi connectivity index (χ2n) is 7.20. The molecule has 0 radical (unpaired) electrons. The van der Waals surface area contributed by atoms with Crippen LogP contribution in [0.1, 0.15) is 12.0 Å². The van der Waals surface area contributed by atoms with Gasteiger partial charge in [-0.25, -0.2) is 4.98 Å². The lowest BCUT2D eigenvalue weighted by atomic mass is 10.2. The maximum atomic E-state index is 13.1. The van der Waals surface area contributed by atoms with Gasteiger partial charge in [-0.05, 0) is 69.0 Å². The molecule has 8 heteroatoms. The van der Waals surface area contributed by atoms with Gasteiger partial charge in [0.1, 0.15) is 0 Å². The van der Waals surface area contributed by atoms with Crippen LogP contribution >= 0.6 is 27.3 Å². The minimum absolute atomic E-state index is 0.0930. The highest BCUT2D eigenvalue weighted by Gasteiger charge is 2.18. The summed E-state index contributed by atoms with van der Waals surface area (Å²) in [6.45, 7) is 1.73. The first-order valence-electron chi connectivity index (χ1n) is 9.60. The lowest BCUT2D eigenvalue weighted by Crippen LogP contribution is -2.32. The summed E-state index contributed by atoms with van der Waals surface area (Å²) in [5.41, 5.74) is 1.78. The van der Waals surface area contributed by atoms with Gasteiger partial charge in [0, 0.05) is 17.1 Å². The Labute approximate surface area is 187 Å². The highest BCUT2D eigenvalue weighted by atomic mass is 79.9. The highest BCUT2D eigenvalue weighted by molar-refractivity contribution is 9.10. The first kappa shape index (κ1) is 20.8. The summed E-state index contributed by atoms with van der Waals surface area (Å²) >= 11 is 5.02. The zero-order valence-corrected chi connectivity index (χ0v) is 19.2. The van der Waals surface area contributed by atoms with E-state index < -0.39 is 0 Å². The van der Waals surface area contributed by atoms with Crippen LogP contribution in [-0.4, -0.2) is 49.8 Å². The molecule has 6 nitrogen and oxygen atoms in total. The Morgan fingerprint density at radius 1 is 1.17 bits per heavy atom. The number of halogens is 1. The molecule has 0 atom stereocenters. The molecule has 0 saturated heterocycles. The predicted octanol–water partition coefficient (Wildman–Crippen LogP) is 4.79. The van der Waals surface area contributed by atoms with Crippen LogP contribution in [0.3, 0.4) is 0 Å².